The van der Waals surface area contributed by atoms with Gasteiger partial charge in [-0.25, -0.2) is 0 Å². The summed E-state index contributed by atoms with van der Waals surface area (Å²) in [7, 11) is 7.48. The molecular weight excluding hydrogens is 520 g/mol. The number of anilines is 3. The van der Waals surface area contributed by atoms with Gasteiger partial charge in [-0.2, -0.15) is 5.10 Å². The fourth-order valence-corrected chi connectivity index (χ4v) is 4.27. The number of aldehydes is 1. The topological polar surface area (TPSA) is 152 Å². The lowest BCUT2D eigenvalue weighted by atomic mass is 10.0. The zero-order valence-electron chi connectivity index (χ0n) is 24.4. The average molecular weight is 559 g/mol. The molecule has 1 aromatic heterocycles. The van der Waals surface area contributed by atoms with Gasteiger partial charge >= 0.3 is 0 Å². The van der Waals surface area contributed by atoms with Crippen molar-refractivity contribution in [3.8, 4) is 0 Å². The van der Waals surface area contributed by atoms with E-state index in [0.717, 1.165) is 28.7 Å². The number of amides is 1. The average Bonchev–Trinajstić information content (AvgIpc) is 3.26. The highest BCUT2D eigenvalue weighted by molar-refractivity contribution is 6.46. The monoisotopic (exact) mass is 558 g/mol. The molecule has 0 bridgehead atoms. The molecule has 0 saturated carbocycles. The molecule has 1 heterocycles. The summed E-state index contributed by atoms with van der Waals surface area (Å²) in [6.07, 6.45) is 1.62. The molecule has 41 heavy (non-hydrogen) atoms. The van der Waals surface area contributed by atoms with Crippen molar-refractivity contribution in [1.82, 2.24) is 10.3 Å². The number of nitrogens with one attached hydrogen (secondary N) is 4. The number of aryl methyl sites for hydroxylation is 2. The Kier molecular flexibility index (Phi) is 10.0. The van der Waals surface area contributed by atoms with Gasteiger partial charge in [0.1, 0.15) is 11.3 Å². The number of amidine groups is 1. The van der Waals surface area contributed by atoms with Crippen LogP contribution in [0.2, 0.25) is 0 Å². The maximum Gasteiger partial charge on any atom is 0.247 e. The zero-order chi connectivity index (χ0) is 30.3. The Morgan fingerprint density at radius 1 is 1.12 bits per heavy atom. The van der Waals surface area contributed by atoms with E-state index in [1.807, 2.05) is 64.2 Å². The van der Waals surface area contributed by atoms with Crippen LogP contribution in [0.4, 0.5) is 17.1 Å². The van der Waals surface area contributed by atoms with Crippen molar-refractivity contribution in [3.05, 3.63) is 71.5 Å². The number of furan rings is 1. The molecule has 0 aliphatic heterocycles. The summed E-state index contributed by atoms with van der Waals surface area (Å²) in [6, 6.07) is 11.3. The van der Waals surface area contributed by atoms with E-state index in [2.05, 4.69) is 32.6 Å². The summed E-state index contributed by atoms with van der Waals surface area (Å²) >= 11 is 0. The third-order valence-electron chi connectivity index (χ3n) is 6.45. The predicted molar refractivity (Wildman–Crippen MR) is 168 cm³/mol. The van der Waals surface area contributed by atoms with Crippen molar-refractivity contribution in [3.63, 3.8) is 0 Å². The number of hydrazone groups is 1. The summed E-state index contributed by atoms with van der Waals surface area (Å²) in [5.41, 5.74) is 13.4. The molecule has 0 radical (unpaired) electrons. The third-order valence-corrected chi connectivity index (χ3v) is 6.45. The van der Waals surface area contributed by atoms with E-state index in [1.165, 1.54) is 6.08 Å². The van der Waals surface area contributed by atoms with Crippen molar-refractivity contribution < 1.29 is 14.0 Å². The van der Waals surface area contributed by atoms with E-state index in [0.29, 0.717) is 41.2 Å². The molecule has 3 rings (SSSR count). The summed E-state index contributed by atoms with van der Waals surface area (Å²) < 4.78 is 6.28. The van der Waals surface area contributed by atoms with Crippen LogP contribution in [0, 0.1) is 19.3 Å². The lowest BCUT2D eigenvalue weighted by molar-refractivity contribution is -0.111. The van der Waals surface area contributed by atoms with Crippen molar-refractivity contribution in [1.29, 1.82) is 5.41 Å². The van der Waals surface area contributed by atoms with Crippen LogP contribution in [0.25, 0.3) is 16.7 Å². The maximum atomic E-state index is 12.2. The highest BCUT2D eigenvalue weighted by atomic mass is 16.3. The van der Waals surface area contributed by atoms with Gasteiger partial charge in [-0.1, -0.05) is 18.2 Å². The van der Waals surface area contributed by atoms with Crippen molar-refractivity contribution in [2.45, 2.75) is 13.8 Å². The lowest BCUT2D eigenvalue weighted by Crippen LogP contribution is -2.29. The Morgan fingerprint density at radius 2 is 1.85 bits per heavy atom. The molecule has 2 aromatic carbocycles. The first kappa shape index (κ1) is 30.6. The smallest absolute Gasteiger partial charge is 0.247 e. The zero-order valence-corrected chi connectivity index (χ0v) is 24.4. The largest absolute Gasteiger partial charge is 0.454 e. The van der Waals surface area contributed by atoms with Crippen LogP contribution < -0.4 is 26.7 Å². The molecule has 0 spiro atoms. The van der Waals surface area contributed by atoms with Crippen LogP contribution in [0.3, 0.4) is 0 Å². The van der Waals surface area contributed by atoms with E-state index in [-0.39, 0.29) is 23.0 Å². The molecule has 216 valence electrons. The van der Waals surface area contributed by atoms with Crippen LogP contribution in [0.15, 0.2) is 64.1 Å². The van der Waals surface area contributed by atoms with Crippen LogP contribution in [0.5, 0.6) is 0 Å². The van der Waals surface area contributed by atoms with E-state index in [9.17, 15) is 9.59 Å². The normalized spacial score (nSPS) is 12.1. The number of benzene rings is 2. The number of carbonyl (C=O) groups is 2. The molecule has 3 aromatic rings. The molecule has 0 unspecified atom stereocenters. The van der Waals surface area contributed by atoms with Gasteiger partial charge in [0.15, 0.2) is 17.9 Å². The molecular formula is C30H38N8O3. The van der Waals surface area contributed by atoms with Crippen molar-refractivity contribution in [2.75, 3.05) is 56.8 Å². The fraction of sp³-hybridized carbons (Fsp3) is 0.267. The Bertz CT molecular complexity index is 1530. The minimum absolute atomic E-state index is 0.0682. The quantitative estimate of drug-likeness (QED) is 0.0700. The van der Waals surface area contributed by atoms with Gasteiger partial charge in [-0.05, 0) is 64.4 Å². The van der Waals surface area contributed by atoms with Gasteiger partial charge in [0.05, 0.1) is 22.6 Å². The second-order valence-electron chi connectivity index (χ2n) is 9.83. The van der Waals surface area contributed by atoms with Gasteiger partial charge in [0.25, 0.3) is 0 Å². The summed E-state index contributed by atoms with van der Waals surface area (Å²) in [4.78, 5) is 28.1. The van der Waals surface area contributed by atoms with Crippen molar-refractivity contribution >= 4 is 57.5 Å². The Hall–Kier alpha value is -4.90. The number of nitrogens with zero attached hydrogens (tertiary/aromatic N) is 3. The summed E-state index contributed by atoms with van der Waals surface area (Å²) in [5.74, 6) is 0.00819. The van der Waals surface area contributed by atoms with E-state index in [4.69, 9.17) is 15.6 Å². The number of likely N-dealkylation sites (N-methyl/N-ethyl adjacent to an activating group) is 2. The van der Waals surface area contributed by atoms with Crippen LogP contribution in [-0.2, 0) is 9.59 Å². The maximum absolute atomic E-state index is 12.2. The minimum Gasteiger partial charge on any atom is -0.454 e. The first-order chi connectivity index (χ1) is 19.5. The predicted octanol–water partition coefficient (Wildman–Crippen LogP) is 3.71. The molecule has 0 fully saturated rings. The fourth-order valence-electron chi connectivity index (χ4n) is 4.27. The number of carbonyl (C=O) groups excluding carboxylic acids is 2. The Morgan fingerprint density at radius 3 is 2.49 bits per heavy atom. The van der Waals surface area contributed by atoms with E-state index >= 15 is 0 Å². The second kappa shape index (κ2) is 13.4. The van der Waals surface area contributed by atoms with E-state index < -0.39 is 0 Å². The molecule has 0 atom stereocenters. The molecule has 11 heteroatoms. The third kappa shape index (κ3) is 7.20. The van der Waals surface area contributed by atoms with Gasteiger partial charge in [0, 0.05) is 43.8 Å². The van der Waals surface area contributed by atoms with Gasteiger partial charge in [-0.15, -0.1) is 0 Å². The van der Waals surface area contributed by atoms with Crippen LogP contribution in [-0.4, -0.2) is 69.9 Å². The summed E-state index contributed by atoms with van der Waals surface area (Å²) in [5, 5.41) is 19.6. The number of fused-ring (bicyclic) bond motifs is 1. The van der Waals surface area contributed by atoms with Crippen LogP contribution in [0.1, 0.15) is 16.9 Å². The number of hydrogen-bond acceptors (Lipinski definition) is 9. The van der Waals surface area contributed by atoms with Gasteiger partial charge < -0.3 is 36.0 Å². The lowest BCUT2D eigenvalue weighted by Gasteiger charge is -2.25. The minimum atomic E-state index is -0.377. The Balaban J connectivity index is 2.26. The SMILES string of the molecule is C=CC(=O)Nc1ccc(N/C(=C(C(=N)C=O)/C(N)=N\NC)c2oc3ccc(C)cc3c2C)cc1N(C)CCN(C)C. The number of nitrogens with two attached hydrogens (primary N) is 1. The van der Waals surface area contributed by atoms with Gasteiger partial charge in [-0.3, -0.25) is 15.0 Å². The molecule has 0 saturated heterocycles. The second-order valence-corrected chi connectivity index (χ2v) is 9.83. The summed E-state index contributed by atoms with van der Waals surface area (Å²) in [6.45, 7) is 8.91. The molecule has 11 nitrogen and oxygen atoms in total. The van der Waals surface area contributed by atoms with Gasteiger partial charge in [0.2, 0.25) is 5.91 Å². The number of hydrogen-bond donors (Lipinski definition) is 5. The molecule has 6 N–H and O–H groups in total. The first-order valence-electron chi connectivity index (χ1n) is 13.0. The molecule has 0 aliphatic rings. The number of rotatable bonds is 13. The highest BCUT2D eigenvalue weighted by Crippen LogP contribution is 2.35. The first-order valence-corrected chi connectivity index (χ1v) is 13.0. The highest BCUT2D eigenvalue weighted by Gasteiger charge is 2.24. The molecule has 1 amide bonds. The Labute approximate surface area is 240 Å². The van der Waals surface area contributed by atoms with E-state index in [1.54, 1.807) is 19.2 Å². The molecule has 0 aliphatic carbocycles. The van der Waals surface area contributed by atoms with Crippen molar-refractivity contribution in [2.24, 2.45) is 10.8 Å². The van der Waals surface area contributed by atoms with Crippen LogP contribution >= 0.6 is 0 Å². The standard InChI is InChI=1S/C30H38N8O3/c1-8-26(40)35-23-11-10-20(16-24(23)38(7)14-13-37(5)6)34-28(27(22(31)17-39)30(32)36-33-4)29-19(3)21-15-18(2)9-12-25(21)41-29/h8-12,15-17,31,33-34H,1,13-14H2,2-7H3,(H2,32,36)(H,35,40)/b28-27+,31-22?.